The molecule has 7 heteroatoms. The van der Waals surface area contributed by atoms with E-state index in [0.29, 0.717) is 23.5 Å². The Hall–Kier alpha value is -1.92. The number of rotatable bonds is 4. The summed E-state index contributed by atoms with van der Waals surface area (Å²) in [6, 6.07) is 6.14. The van der Waals surface area contributed by atoms with Crippen molar-refractivity contribution < 1.29 is 4.52 Å². The summed E-state index contributed by atoms with van der Waals surface area (Å²) >= 11 is 0. The number of hydrogen-bond donors (Lipinski definition) is 1. The molecular formula is C13H16ClN5O. The van der Waals surface area contributed by atoms with E-state index in [1.54, 1.807) is 0 Å². The second-order valence-corrected chi connectivity index (χ2v) is 4.50. The average molecular weight is 294 g/mol. The van der Waals surface area contributed by atoms with Crippen LogP contribution in [0.3, 0.4) is 0 Å². The van der Waals surface area contributed by atoms with Crippen LogP contribution >= 0.6 is 12.4 Å². The molecule has 0 aromatic carbocycles. The van der Waals surface area contributed by atoms with Crippen LogP contribution in [0.1, 0.15) is 12.7 Å². The summed E-state index contributed by atoms with van der Waals surface area (Å²) < 4.78 is 7.19. The van der Waals surface area contributed by atoms with Crippen molar-refractivity contribution in [2.75, 3.05) is 7.05 Å². The van der Waals surface area contributed by atoms with Crippen molar-refractivity contribution in [2.45, 2.75) is 19.4 Å². The molecule has 0 spiro atoms. The van der Waals surface area contributed by atoms with Gasteiger partial charge in [0.25, 0.3) is 5.89 Å². The minimum Gasteiger partial charge on any atom is -0.332 e. The van der Waals surface area contributed by atoms with E-state index in [1.165, 1.54) is 0 Å². The van der Waals surface area contributed by atoms with Crippen LogP contribution in [0.5, 0.6) is 0 Å². The van der Waals surface area contributed by atoms with Crippen LogP contribution in [-0.2, 0) is 6.42 Å². The molecule has 0 saturated carbocycles. The number of halogens is 1. The normalized spacial score (nSPS) is 12.3. The van der Waals surface area contributed by atoms with Gasteiger partial charge < -0.3 is 14.2 Å². The van der Waals surface area contributed by atoms with Gasteiger partial charge in [-0.15, -0.1) is 12.4 Å². The predicted molar refractivity (Wildman–Crippen MR) is 78.0 cm³/mol. The molecule has 3 heterocycles. The molecule has 0 fully saturated rings. The van der Waals surface area contributed by atoms with Crippen LogP contribution < -0.4 is 5.32 Å². The van der Waals surface area contributed by atoms with E-state index in [-0.39, 0.29) is 12.4 Å². The van der Waals surface area contributed by atoms with E-state index in [9.17, 15) is 0 Å². The van der Waals surface area contributed by atoms with Crippen LogP contribution in [0.15, 0.2) is 35.1 Å². The number of nitrogens with one attached hydrogen (secondary N) is 1. The summed E-state index contributed by atoms with van der Waals surface area (Å²) in [7, 11) is 1.91. The molecule has 0 aliphatic rings. The van der Waals surface area contributed by atoms with E-state index in [1.807, 2.05) is 42.0 Å². The topological polar surface area (TPSA) is 68.2 Å². The molecule has 0 aliphatic heterocycles. The molecule has 1 atom stereocenters. The van der Waals surface area contributed by atoms with Gasteiger partial charge in [0.1, 0.15) is 11.3 Å². The van der Waals surface area contributed by atoms with Crippen molar-refractivity contribution in [1.82, 2.24) is 24.8 Å². The second-order valence-electron chi connectivity index (χ2n) is 4.50. The maximum atomic E-state index is 5.26. The van der Waals surface area contributed by atoms with Crippen molar-refractivity contribution >= 4 is 18.1 Å². The highest BCUT2D eigenvalue weighted by atomic mass is 35.5. The monoisotopic (exact) mass is 293 g/mol. The summed E-state index contributed by atoms with van der Waals surface area (Å²) in [4.78, 5) is 8.82. The molecule has 3 aromatic heterocycles. The fourth-order valence-electron chi connectivity index (χ4n) is 1.85. The van der Waals surface area contributed by atoms with Gasteiger partial charge in [-0.05, 0) is 26.1 Å². The Bertz CT molecular complexity index is 660. The predicted octanol–water partition coefficient (Wildman–Crippen LogP) is 1.96. The van der Waals surface area contributed by atoms with E-state index in [0.717, 1.165) is 12.1 Å². The summed E-state index contributed by atoms with van der Waals surface area (Å²) in [6.07, 6.45) is 4.55. The van der Waals surface area contributed by atoms with Gasteiger partial charge in [0.15, 0.2) is 5.82 Å². The third kappa shape index (κ3) is 2.81. The lowest BCUT2D eigenvalue weighted by molar-refractivity contribution is 0.417. The number of nitrogens with zero attached hydrogens (tertiary/aromatic N) is 4. The van der Waals surface area contributed by atoms with Gasteiger partial charge in [-0.2, -0.15) is 4.98 Å². The molecule has 106 valence electrons. The van der Waals surface area contributed by atoms with E-state index in [4.69, 9.17) is 4.52 Å². The van der Waals surface area contributed by atoms with E-state index in [2.05, 4.69) is 27.4 Å². The minimum absolute atomic E-state index is 0. The van der Waals surface area contributed by atoms with Gasteiger partial charge in [0.05, 0.1) is 0 Å². The molecule has 1 N–H and O–H groups in total. The largest absolute Gasteiger partial charge is 0.332 e. The summed E-state index contributed by atoms with van der Waals surface area (Å²) in [5.74, 6) is 1.15. The summed E-state index contributed by atoms with van der Waals surface area (Å²) in [6.45, 7) is 2.07. The molecule has 20 heavy (non-hydrogen) atoms. The minimum atomic E-state index is 0. The van der Waals surface area contributed by atoms with Crippen molar-refractivity contribution in [3.8, 4) is 11.6 Å². The van der Waals surface area contributed by atoms with Crippen molar-refractivity contribution in [3.05, 3.63) is 36.4 Å². The first kappa shape index (κ1) is 14.5. The first-order valence-electron chi connectivity index (χ1n) is 6.20. The SMILES string of the molecule is CNC(C)Cc1noc(-c2cn3ccccc3n2)n1.Cl. The van der Waals surface area contributed by atoms with Gasteiger partial charge in [-0.25, -0.2) is 4.98 Å². The Balaban J connectivity index is 0.00000147. The zero-order valence-corrected chi connectivity index (χ0v) is 12.1. The Morgan fingerprint density at radius 1 is 1.35 bits per heavy atom. The first-order valence-corrected chi connectivity index (χ1v) is 6.20. The quantitative estimate of drug-likeness (QED) is 0.796. The fourth-order valence-corrected chi connectivity index (χ4v) is 1.85. The zero-order valence-electron chi connectivity index (χ0n) is 11.3. The molecule has 6 nitrogen and oxygen atoms in total. The maximum absolute atomic E-state index is 5.26. The molecular weight excluding hydrogens is 278 g/mol. The van der Waals surface area contributed by atoms with E-state index < -0.39 is 0 Å². The van der Waals surface area contributed by atoms with Gasteiger partial charge >= 0.3 is 0 Å². The van der Waals surface area contributed by atoms with Gasteiger partial charge in [-0.3, -0.25) is 0 Å². The molecule has 3 aromatic rings. The van der Waals surface area contributed by atoms with Crippen LogP contribution in [-0.4, -0.2) is 32.6 Å². The molecule has 0 radical (unpaired) electrons. The van der Waals surface area contributed by atoms with Crippen molar-refractivity contribution in [3.63, 3.8) is 0 Å². The highest BCUT2D eigenvalue weighted by Crippen LogP contribution is 2.17. The number of pyridine rings is 1. The Morgan fingerprint density at radius 3 is 2.95 bits per heavy atom. The highest BCUT2D eigenvalue weighted by molar-refractivity contribution is 5.85. The molecule has 0 bridgehead atoms. The van der Waals surface area contributed by atoms with Crippen LogP contribution in [0.2, 0.25) is 0 Å². The number of hydrogen-bond acceptors (Lipinski definition) is 5. The maximum Gasteiger partial charge on any atom is 0.278 e. The molecule has 0 amide bonds. The third-order valence-corrected chi connectivity index (χ3v) is 3.03. The Labute approximate surface area is 122 Å². The van der Waals surface area contributed by atoms with Crippen molar-refractivity contribution in [2.24, 2.45) is 0 Å². The number of fused-ring (bicyclic) bond motifs is 1. The molecule has 3 rings (SSSR count). The highest BCUT2D eigenvalue weighted by Gasteiger charge is 2.13. The molecule has 0 aliphatic carbocycles. The molecule has 1 unspecified atom stereocenters. The Kier molecular flexibility index (Phi) is 4.36. The number of likely N-dealkylation sites (N-methyl/N-ethyl adjacent to an activating group) is 1. The van der Waals surface area contributed by atoms with Gasteiger partial charge in [0, 0.05) is 24.9 Å². The van der Waals surface area contributed by atoms with Gasteiger partial charge in [-0.1, -0.05) is 11.2 Å². The first-order chi connectivity index (χ1) is 9.26. The lowest BCUT2D eigenvalue weighted by atomic mass is 10.2. The zero-order chi connectivity index (χ0) is 13.2. The third-order valence-electron chi connectivity index (χ3n) is 3.03. The van der Waals surface area contributed by atoms with Crippen LogP contribution in [0, 0.1) is 0 Å². The second kappa shape index (κ2) is 6.02. The lowest BCUT2D eigenvalue weighted by Crippen LogP contribution is -2.24. The van der Waals surface area contributed by atoms with E-state index >= 15 is 0 Å². The van der Waals surface area contributed by atoms with Crippen LogP contribution in [0.25, 0.3) is 17.2 Å². The standard InChI is InChI=1S/C13H15N5O.ClH/c1-9(14-2)7-11-16-13(19-17-11)10-8-18-6-4-3-5-12(18)15-10;/h3-6,8-9,14H,7H2,1-2H3;1H. The smallest absolute Gasteiger partial charge is 0.278 e. The van der Waals surface area contributed by atoms with Crippen LogP contribution in [0.4, 0.5) is 0 Å². The number of imidazole rings is 1. The molecule has 0 saturated heterocycles. The summed E-state index contributed by atoms with van der Waals surface area (Å²) in [5.41, 5.74) is 1.56. The Morgan fingerprint density at radius 2 is 2.20 bits per heavy atom. The lowest BCUT2D eigenvalue weighted by Gasteiger charge is -2.04. The van der Waals surface area contributed by atoms with Crippen molar-refractivity contribution in [1.29, 1.82) is 0 Å². The summed E-state index contributed by atoms with van der Waals surface area (Å²) in [5, 5.41) is 7.12. The van der Waals surface area contributed by atoms with Gasteiger partial charge in [0.2, 0.25) is 0 Å². The fraction of sp³-hybridized carbons (Fsp3) is 0.308. The average Bonchev–Trinajstić information content (AvgIpc) is 3.04. The number of aromatic nitrogens is 4.